The third-order valence-electron chi connectivity index (χ3n) is 0.905. The highest BCUT2D eigenvalue weighted by molar-refractivity contribution is 7.06. The van der Waals surface area contributed by atoms with Crippen molar-refractivity contribution in [3.8, 4) is 0 Å². The Morgan fingerprint density at radius 3 is 2.14 bits per heavy atom. The topological polar surface area (TPSA) is 0 Å². The zero-order valence-electron chi connectivity index (χ0n) is 5.00. The molecule has 0 aliphatic rings. The molecular weight excluding hydrogens is 124 g/mol. The molecule has 0 rings (SSSR count). The first-order valence-electron chi connectivity index (χ1n) is 2.81. The van der Waals surface area contributed by atoms with Gasteiger partial charge >= 0.3 is 0 Å². The van der Waals surface area contributed by atoms with Gasteiger partial charge in [0.1, 0.15) is 0 Å². The van der Waals surface area contributed by atoms with E-state index in [9.17, 15) is 0 Å². The van der Waals surface area contributed by atoms with Crippen LogP contribution in [0.1, 0.15) is 20.3 Å². The van der Waals surface area contributed by atoms with Gasteiger partial charge in [0.15, 0.2) is 8.11 Å². The molecule has 0 unspecified atom stereocenters. The average Bonchev–Trinajstić information content (AvgIpc) is 1.68. The monoisotopic (exact) mass is 135 g/mol. The molecule has 0 aromatic rings. The molecule has 0 bridgehead atoms. The first kappa shape index (κ1) is 7.51. The molecule has 43 valence electrons. The van der Waals surface area contributed by atoms with Crippen LogP contribution in [0.4, 0.5) is 0 Å². The SMILES string of the molecule is CCC[Si](Cl)CC. The van der Waals surface area contributed by atoms with Crippen molar-refractivity contribution >= 4 is 19.2 Å². The summed E-state index contributed by atoms with van der Waals surface area (Å²) in [5.74, 6) is 0. The van der Waals surface area contributed by atoms with Gasteiger partial charge < -0.3 is 0 Å². The molecule has 7 heavy (non-hydrogen) atoms. The normalized spacial score (nSPS) is 10.3. The second-order valence-corrected chi connectivity index (χ2v) is 5.47. The van der Waals surface area contributed by atoms with Crippen LogP contribution in [0.25, 0.3) is 0 Å². The van der Waals surface area contributed by atoms with Gasteiger partial charge in [-0.05, 0) is 12.1 Å². The van der Waals surface area contributed by atoms with Gasteiger partial charge in [0.25, 0.3) is 0 Å². The van der Waals surface area contributed by atoms with Crippen LogP contribution in [0, 0.1) is 0 Å². The summed E-state index contributed by atoms with van der Waals surface area (Å²) in [5, 5.41) is 0. The minimum atomic E-state index is -0.408. The van der Waals surface area contributed by atoms with E-state index in [0.29, 0.717) is 0 Å². The molecule has 0 fully saturated rings. The van der Waals surface area contributed by atoms with E-state index >= 15 is 0 Å². The molecule has 0 N–H and O–H groups in total. The Balaban J connectivity index is 2.83. The highest BCUT2D eigenvalue weighted by atomic mass is 35.6. The van der Waals surface area contributed by atoms with Crippen LogP contribution >= 0.6 is 11.1 Å². The van der Waals surface area contributed by atoms with E-state index < -0.39 is 8.11 Å². The summed E-state index contributed by atoms with van der Waals surface area (Å²) in [4.78, 5) is 0. The van der Waals surface area contributed by atoms with Crippen LogP contribution < -0.4 is 0 Å². The number of hydrogen-bond acceptors (Lipinski definition) is 0. The molecule has 0 nitrogen and oxygen atoms in total. The first-order chi connectivity index (χ1) is 3.31. The fourth-order valence-electron chi connectivity index (χ4n) is 0.448. The zero-order chi connectivity index (χ0) is 5.70. The molecule has 1 radical (unpaired) electrons. The predicted molar refractivity (Wildman–Crippen MR) is 37.2 cm³/mol. The van der Waals surface area contributed by atoms with Crippen LogP contribution in [-0.4, -0.2) is 8.11 Å². The van der Waals surface area contributed by atoms with Gasteiger partial charge in [0.05, 0.1) is 0 Å². The fraction of sp³-hybridized carbons (Fsp3) is 1.00. The molecule has 0 aromatic carbocycles. The van der Waals surface area contributed by atoms with Gasteiger partial charge in [-0.15, -0.1) is 0 Å². The number of hydrogen-bond donors (Lipinski definition) is 0. The molecule has 0 saturated carbocycles. The second kappa shape index (κ2) is 4.66. The Hall–Kier alpha value is 0.507. The number of rotatable bonds is 3. The summed E-state index contributed by atoms with van der Waals surface area (Å²) in [6.45, 7) is 4.35. The van der Waals surface area contributed by atoms with Gasteiger partial charge in [-0.1, -0.05) is 20.3 Å². The number of halogens is 1. The van der Waals surface area contributed by atoms with E-state index in [2.05, 4.69) is 13.8 Å². The summed E-state index contributed by atoms with van der Waals surface area (Å²) in [5.41, 5.74) is 0. The van der Waals surface area contributed by atoms with Crippen LogP contribution in [0.5, 0.6) is 0 Å². The van der Waals surface area contributed by atoms with Gasteiger partial charge in [-0.2, -0.15) is 11.1 Å². The molecule has 0 aliphatic carbocycles. The maximum Gasteiger partial charge on any atom is 0.165 e. The summed E-state index contributed by atoms with van der Waals surface area (Å²) < 4.78 is 0. The standard InChI is InChI=1S/C5H12ClSi/c1-3-5-7(6)4-2/h3-5H2,1-2H3. The lowest BCUT2D eigenvalue weighted by Gasteiger charge is -1.96. The largest absolute Gasteiger partial charge is 0.169 e. The predicted octanol–water partition coefficient (Wildman–Crippen LogP) is 2.65. The van der Waals surface area contributed by atoms with E-state index in [0.717, 1.165) is 0 Å². The van der Waals surface area contributed by atoms with E-state index in [-0.39, 0.29) is 0 Å². The summed E-state index contributed by atoms with van der Waals surface area (Å²) in [6, 6.07) is 2.47. The van der Waals surface area contributed by atoms with E-state index in [1.807, 2.05) is 0 Å². The van der Waals surface area contributed by atoms with Gasteiger partial charge in [-0.3, -0.25) is 0 Å². The van der Waals surface area contributed by atoms with Crippen molar-refractivity contribution in [1.82, 2.24) is 0 Å². The third kappa shape index (κ3) is 4.36. The second-order valence-electron chi connectivity index (χ2n) is 1.62. The van der Waals surface area contributed by atoms with Crippen molar-refractivity contribution in [2.75, 3.05) is 0 Å². The fourth-order valence-corrected chi connectivity index (χ4v) is 1.91. The van der Waals surface area contributed by atoms with Crippen molar-refractivity contribution in [3.05, 3.63) is 0 Å². The van der Waals surface area contributed by atoms with Crippen molar-refractivity contribution in [1.29, 1.82) is 0 Å². The maximum absolute atomic E-state index is 5.87. The van der Waals surface area contributed by atoms with Gasteiger partial charge in [0, 0.05) is 0 Å². The van der Waals surface area contributed by atoms with Crippen molar-refractivity contribution in [2.45, 2.75) is 32.4 Å². The Morgan fingerprint density at radius 1 is 1.43 bits per heavy atom. The quantitative estimate of drug-likeness (QED) is 0.413. The molecular formula is C5H12ClSi. The Bertz CT molecular complexity index is 39.1. The van der Waals surface area contributed by atoms with Crippen LogP contribution in [0.15, 0.2) is 0 Å². The lowest BCUT2D eigenvalue weighted by atomic mass is 10.6. The molecule has 0 saturated heterocycles. The van der Waals surface area contributed by atoms with E-state index in [1.54, 1.807) is 0 Å². The third-order valence-corrected chi connectivity index (χ3v) is 4.08. The van der Waals surface area contributed by atoms with Crippen LogP contribution in [-0.2, 0) is 0 Å². The molecule has 0 amide bonds. The molecule has 0 heterocycles. The highest BCUT2D eigenvalue weighted by Crippen LogP contribution is 2.04. The van der Waals surface area contributed by atoms with Crippen LogP contribution in [0.3, 0.4) is 0 Å². The molecule has 2 heteroatoms. The zero-order valence-corrected chi connectivity index (χ0v) is 6.76. The van der Waals surface area contributed by atoms with E-state index in [1.165, 1.54) is 18.5 Å². The smallest absolute Gasteiger partial charge is 0.165 e. The first-order valence-corrected chi connectivity index (χ1v) is 5.74. The van der Waals surface area contributed by atoms with E-state index in [4.69, 9.17) is 11.1 Å². The lowest BCUT2D eigenvalue weighted by molar-refractivity contribution is 1.06. The molecule has 0 aliphatic heterocycles. The lowest BCUT2D eigenvalue weighted by Crippen LogP contribution is -1.97. The van der Waals surface area contributed by atoms with Crippen LogP contribution in [0.2, 0.25) is 12.1 Å². The Labute approximate surface area is 52.2 Å². The maximum atomic E-state index is 5.87. The Kier molecular flexibility index (Phi) is 5.00. The Morgan fingerprint density at radius 2 is 2.00 bits per heavy atom. The molecule has 0 spiro atoms. The average molecular weight is 136 g/mol. The summed E-state index contributed by atoms with van der Waals surface area (Å²) >= 11 is 5.87. The van der Waals surface area contributed by atoms with Crippen molar-refractivity contribution < 1.29 is 0 Å². The molecule has 0 atom stereocenters. The van der Waals surface area contributed by atoms with Gasteiger partial charge in [0.2, 0.25) is 0 Å². The summed E-state index contributed by atoms with van der Waals surface area (Å²) in [6.07, 6.45) is 1.26. The minimum absolute atomic E-state index is 0.408. The van der Waals surface area contributed by atoms with Gasteiger partial charge in [-0.25, -0.2) is 0 Å². The summed E-state index contributed by atoms with van der Waals surface area (Å²) in [7, 11) is -0.408. The minimum Gasteiger partial charge on any atom is -0.169 e. The van der Waals surface area contributed by atoms with Crippen molar-refractivity contribution in [3.63, 3.8) is 0 Å². The highest BCUT2D eigenvalue weighted by Gasteiger charge is 1.99. The molecule has 0 aromatic heterocycles. The van der Waals surface area contributed by atoms with Crippen molar-refractivity contribution in [2.24, 2.45) is 0 Å².